The van der Waals surface area contributed by atoms with Crippen LogP contribution in [0.2, 0.25) is 0 Å². The first-order chi connectivity index (χ1) is 11.3. The zero-order valence-corrected chi connectivity index (χ0v) is 13.0. The molecule has 1 saturated heterocycles. The van der Waals surface area contributed by atoms with Gasteiger partial charge in [0.15, 0.2) is 0 Å². The molecule has 4 nitrogen and oxygen atoms in total. The lowest BCUT2D eigenvalue weighted by Crippen LogP contribution is -2.45. The molecule has 0 radical (unpaired) electrons. The van der Waals surface area contributed by atoms with Crippen molar-refractivity contribution in [2.45, 2.75) is 25.7 Å². The fourth-order valence-electron chi connectivity index (χ4n) is 3.40. The Labute approximate surface area is 135 Å². The normalized spacial score (nSPS) is 16.0. The van der Waals surface area contributed by atoms with E-state index in [2.05, 4.69) is 23.6 Å². The lowest BCUT2D eigenvalue weighted by atomic mass is 10.0. The van der Waals surface area contributed by atoms with E-state index in [-0.39, 0.29) is 5.91 Å². The molecule has 118 valence electrons. The van der Waals surface area contributed by atoms with Gasteiger partial charge in [-0.25, -0.2) is 5.01 Å². The fourth-order valence-corrected chi connectivity index (χ4v) is 3.40. The van der Waals surface area contributed by atoms with Crippen LogP contribution in [0.3, 0.4) is 0 Å². The van der Waals surface area contributed by atoms with Crippen LogP contribution in [-0.4, -0.2) is 24.0 Å². The summed E-state index contributed by atoms with van der Waals surface area (Å²) in [6, 6.07) is 12.2. The maximum absolute atomic E-state index is 12.4. The summed E-state index contributed by atoms with van der Waals surface area (Å²) in [7, 11) is 0. The standard InChI is InChI=1S/C19H20N2O2/c22-18(20-21-10-4-1-5-11-21)12-15-13-23-17-9-8-14-6-2-3-7-16(14)19(15)17/h2-3,6-9,13H,1,4-5,10-12H2,(H,20,22). The van der Waals surface area contributed by atoms with Crippen molar-refractivity contribution < 1.29 is 9.21 Å². The molecule has 1 N–H and O–H groups in total. The number of benzene rings is 2. The van der Waals surface area contributed by atoms with Crippen LogP contribution in [0.1, 0.15) is 24.8 Å². The van der Waals surface area contributed by atoms with Crippen LogP contribution in [0.4, 0.5) is 0 Å². The van der Waals surface area contributed by atoms with Gasteiger partial charge in [-0.15, -0.1) is 0 Å². The van der Waals surface area contributed by atoms with Crippen molar-refractivity contribution in [3.63, 3.8) is 0 Å². The second kappa shape index (κ2) is 6.05. The van der Waals surface area contributed by atoms with Gasteiger partial charge in [-0.05, 0) is 29.7 Å². The largest absolute Gasteiger partial charge is 0.464 e. The highest BCUT2D eigenvalue weighted by Gasteiger charge is 2.16. The molecule has 0 saturated carbocycles. The van der Waals surface area contributed by atoms with Gasteiger partial charge in [-0.2, -0.15) is 0 Å². The van der Waals surface area contributed by atoms with Gasteiger partial charge in [0, 0.05) is 24.0 Å². The predicted molar refractivity (Wildman–Crippen MR) is 91.0 cm³/mol. The molecule has 4 rings (SSSR count). The summed E-state index contributed by atoms with van der Waals surface area (Å²) in [5, 5.41) is 5.39. The second-order valence-electron chi connectivity index (χ2n) is 6.18. The van der Waals surface area contributed by atoms with Crippen molar-refractivity contribution in [2.75, 3.05) is 13.1 Å². The zero-order valence-electron chi connectivity index (χ0n) is 13.0. The van der Waals surface area contributed by atoms with E-state index in [4.69, 9.17) is 4.42 Å². The highest BCUT2D eigenvalue weighted by Crippen LogP contribution is 2.30. The van der Waals surface area contributed by atoms with E-state index in [1.54, 1.807) is 6.26 Å². The van der Waals surface area contributed by atoms with Crippen LogP contribution in [0, 0.1) is 0 Å². The summed E-state index contributed by atoms with van der Waals surface area (Å²) in [5.41, 5.74) is 4.81. The van der Waals surface area contributed by atoms with Crippen LogP contribution in [0.5, 0.6) is 0 Å². The number of hydrogen-bond acceptors (Lipinski definition) is 3. The molecular weight excluding hydrogens is 288 g/mol. The van der Waals surface area contributed by atoms with E-state index in [1.165, 1.54) is 11.8 Å². The SMILES string of the molecule is O=C(Cc1coc2ccc3ccccc3c12)NN1CCCCC1. The summed E-state index contributed by atoms with van der Waals surface area (Å²) >= 11 is 0. The Morgan fingerprint density at radius 3 is 2.78 bits per heavy atom. The number of nitrogens with one attached hydrogen (secondary N) is 1. The van der Waals surface area contributed by atoms with Gasteiger partial charge in [0.2, 0.25) is 5.91 Å². The lowest BCUT2D eigenvalue weighted by Gasteiger charge is -2.26. The van der Waals surface area contributed by atoms with Crippen molar-refractivity contribution in [3.05, 3.63) is 48.2 Å². The quantitative estimate of drug-likeness (QED) is 0.803. The van der Waals surface area contributed by atoms with Gasteiger partial charge in [0.1, 0.15) is 5.58 Å². The molecule has 0 atom stereocenters. The highest BCUT2D eigenvalue weighted by molar-refractivity contribution is 6.08. The smallest absolute Gasteiger partial charge is 0.238 e. The molecule has 3 aromatic rings. The molecule has 0 unspecified atom stereocenters. The van der Waals surface area contributed by atoms with E-state index in [0.29, 0.717) is 6.42 Å². The van der Waals surface area contributed by atoms with Crippen LogP contribution >= 0.6 is 0 Å². The topological polar surface area (TPSA) is 45.5 Å². The number of hydrogen-bond donors (Lipinski definition) is 1. The molecule has 0 aliphatic carbocycles. The third-order valence-electron chi connectivity index (χ3n) is 4.53. The molecule has 4 heteroatoms. The van der Waals surface area contributed by atoms with Crippen molar-refractivity contribution in [3.8, 4) is 0 Å². The Bertz CT molecular complexity index is 847. The van der Waals surface area contributed by atoms with E-state index >= 15 is 0 Å². The molecule has 23 heavy (non-hydrogen) atoms. The Balaban J connectivity index is 1.61. The molecule has 1 fully saturated rings. The molecule has 2 heterocycles. The Morgan fingerprint density at radius 1 is 1.09 bits per heavy atom. The van der Waals surface area contributed by atoms with Gasteiger partial charge in [0.25, 0.3) is 0 Å². The van der Waals surface area contributed by atoms with Gasteiger partial charge >= 0.3 is 0 Å². The van der Waals surface area contributed by atoms with Crippen LogP contribution in [0.25, 0.3) is 21.7 Å². The van der Waals surface area contributed by atoms with E-state index in [1.807, 2.05) is 23.2 Å². The first kappa shape index (κ1) is 14.3. The van der Waals surface area contributed by atoms with Crippen LogP contribution in [0.15, 0.2) is 47.1 Å². The number of amides is 1. The fraction of sp³-hybridized carbons (Fsp3) is 0.316. The lowest BCUT2D eigenvalue weighted by molar-refractivity contribution is -0.125. The average Bonchev–Trinajstić information content (AvgIpc) is 2.99. The number of piperidine rings is 1. The number of carbonyl (C=O) groups excluding carboxylic acids is 1. The minimum atomic E-state index is 0.0301. The first-order valence-corrected chi connectivity index (χ1v) is 8.23. The van der Waals surface area contributed by atoms with E-state index in [0.717, 1.165) is 47.9 Å². The molecule has 1 aliphatic heterocycles. The van der Waals surface area contributed by atoms with E-state index < -0.39 is 0 Å². The molecule has 1 amide bonds. The maximum Gasteiger partial charge on any atom is 0.238 e. The average molecular weight is 308 g/mol. The third kappa shape index (κ3) is 2.82. The molecule has 0 bridgehead atoms. The van der Waals surface area contributed by atoms with Crippen LogP contribution in [-0.2, 0) is 11.2 Å². The molecular formula is C19H20N2O2. The minimum absolute atomic E-state index is 0.0301. The highest BCUT2D eigenvalue weighted by atomic mass is 16.3. The first-order valence-electron chi connectivity index (χ1n) is 8.23. The summed E-state index contributed by atoms with van der Waals surface area (Å²) in [6.45, 7) is 1.89. The number of furan rings is 1. The summed E-state index contributed by atoms with van der Waals surface area (Å²) < 4.78 is 5.65. The molecule has 1 aromatic heterocycles. The minimum Gasteiger partial charge on any atom is -0.464 e. The van der Waals surface area contributed by atoms with Gasteiger partial charge in [-0.1, -0.05) is 36.8 Å². The number of nitrogens with zero attached hydrogens (tertiary/aromatic N) is 1. The summed E-state index contributed by atoms with van der Waals surface area (Å²) in [5.74, 6) is 0.0301. The van der Waals surface area contributed by atoms with Crippen molar-refractivity contribution in [1.82, 2.24) is 10.4 Å². The predicted octanol–water partition coefficient (Wildman–Crippen LogP) is 3.65. The number of fused-ring (bicyclic) bond motifs is 3. The van der Waals surface area contributed by atoms with Crippen molar-refractivity contribution >= 4 is 27.6 Å². The maximum atomic E-state index is 12.4. The Morgan fingerprint density at radius 2 is 1.91 bits per heavy atom. The monoisotopic (exact) mass is 308 g/mol. The molecule has 2 aromatic carbocycles. The second-order valence-corrected chi connectivity index (χ2v) is 6.18. The zero-order chi connectivity index (χ0) is 15.6. The van der Waals surface area contributed by atoms with Gasteiger partial charge in [-0.3, -0.25) is 10.2 Å². The Hall–Kier alpha value is -2.33. The van der Waals surface area contributed by atoms with Gasteiger partial charge < -0.3 is 4.42 Å². The van der Waals surface area contributed by atoms with Gasteiger partial charge in [0.05, 0.1) is 12.7 Å². The third-order valence-corrected chi connectivity index (χ3v) is 4.53. The summed E-state index contributed by atoms with van der Waals surface area (Å²) in [6.07, 6.45) is 5.62. The number of carbonyl (C=O) groups is 1. The van der Waals surface area contributed by atoms with Crippen molar-refractivity contribution in [1.29, 1.82) is 0 Å². The van der Waals surface area contributed by atoms with Crippen molar-refractivity contribution in [2.24, 2.45) is 0 Å². The molecule has 1 aliphatic rings. The number of rotatable bonds is 3. The molecule has 0 spiro atoms. The Kier molecular flexibility index (Phi) is 3.75. The van der Waals surface area contributed by atoms with E-state index in [9.17, 15) is 4.79 Å². The number of hydrazine groups is 1. The van der Waals surface area contributed by atoms with Crippen LogP contribution < -0.4 is 5.43 Å². The summed E-state index contributed by atoms with van der Waals surface area (Å²) in [4.78, 5) is 12.4.